The minimum absolute atomic E-state index is 0.196. The summed E-state index contributed by atoms with van der Waals surface area (Å²) in [6.45, 7) is 4.99. The number of carbonyl (C=O) groups is 2. The molecule has 0 N–H and O–H groups in total. The third-order valence-corrected chi connectivity index (χ3v) is 6.66. The van der Waals surface area contributed by atoms with Gasteiger partial charge in [0, 0.05) is 26.7 Å². The number of ether oxygens (including phenoxy) is 2. The van der Waals surface area contributed by atoms with Gasteiger partial charge in [0.1, 0.15) is 5.75 Å². The molecule has 0 amide bonds. The Morgan fingerprint density at radius 2 is 1.78 bits per heavy atom. The van der Waals surface area contributed by atoms with Crippen molar-refractivity contribution in [2.45, 2.75) is 26.8 Å². The van der Waals surface area contributed by atoms with Crippen molar-refractivity contribution in [1.29, 1.82) is 0 Å². The molecule has 0 bridgehead atoms. The highest BCUT2D eigenvalue weighted by atomic mass is 32.1. The minimum atomic E-state index is -0.732. The van der Waals surface area contributed by atoms with Gasteiger partial charge in [0.05, 0.1) is 28.5 Å². The summed E-state index contributed by atoms with van der Waals surface area (Å²) in [6, 6.07) is 13.9. The fraction of sp³-hybridized carbons (Fsp3) is 0.259. The molecule has 0 radical (unpaired) electrons. The Bertz CT molecular complexity index is 1510. The van der Waals surface area contributed by atoms with Crippen LogP contribution in [-0.4, -0.2) is 37.2 Å². The summed E-state index contributed by atoms with van der Waals surface area (Å²) >= 11 is 1.27. The number of hydrogen-bond acceptors (Lipinski definition) is 8. The van der Waals surface area contributed by atoms with Gasteiger partial charge < -0.3 is 14.4 Å². The molecule has 0 fully saturated rings. The molecule has 2 aromatic carbocycles. The molecular formula is C27H27N3O5S. The van der Waals surface area contributed by atoms with Crippen molar-refractivity contribution < 1.29 is 19.1 Å². The lowest BCUT2D eigenvalue weighted by Crippen LogP contribution is -2.39. The standard InChI is InChI=1S/C27H27N3O5S/c1-6-34-26(33)23-16(2)28-27-30(24(23)19-9-13-21(14-10-19)35-17(3)31)25(32)22(36-27)15-18-7-11-20(12-8-18)29(4)5/h7-15,24H,6H2,1-5H3/b22-15-/t24-/m1/s1. The second kappa shape index (κ2) is 10.3. The van der Waals surface area contributed by atoms with Crippen molar-refractivity contribution in [1.82, 2.24) is 4.57 Å². The Morgan fingerprint density at radius 1 is 1.11 bits per heavy atom. The molecule has 9 heteroatoms. The second-order valence-electron chi connectivity index (χ2n) is 8.45. The van der Waals surface area contributed by atoms with Crippen LogP contribution in [0.25, 0.3) is 6.08 Å². The first-order chi connectivity index (χ1) is 17.2. The SMILES string of the molecule is CCOC(=O)C1=C(C)N=c2s/c(=C\c3ccc(N(C)C)cc3)c(=O)n2[C@@H]1c1ccc(OC(C)=O)cc1. The number of benzene rings is 2. The van der Waals surface area contributed by atoms with Gasteiger partial charge in [-0.2, -0.15) is 0 Å². The summed E-state index contributed by atoms with van der Waals surface area (Å²) < 4.78 is 12.5. The fourth-order valence-electron chi connectivity index (χ4n) is 4.01. The molecule has 0 aliphatic carbocycles. The largest absolute Gasteiger partial charge is 0.463 e. The van der Waals surface area contributed by atoms with Crippen LogP contribution in [0.2, 0.25) is 0 Å². The van der Waals surface area contributed by atoms with Crippen LogP contribution in [0.3, 0.4) is 0 Å². The molecule has 2 heterocycles. The van der Waals surface area contributed by atoms with Crippen molar-refractivity contribution in [3.05, 3.63) is 90.6 Å². The Balaban J connectivity index is 1.86. The Morgan fingerprint density at radius 3 is 2.36 bits per heavy atom. The summed E-state index contributed by atoms with van der Waals surface area (Å²) in [4.78, 5) is 45.0. The number of aromatic nitrogens is 1. The van der Waals surface area contributed by atoms with Gasteiger partial charge in [-0.25, -0.2) is 9.79 Å². The van der Waals surface area contributed by atoms with Gasteiger partial charge in [-0.1, -0.05) is 35.6 Å². The molecule has 1 aliphatic heterocycles. The Kier molecular flexibility index (Phi) is 7.21. The van der Waals surface area contributed by atoms with E-state index in [2.05, 4.69) is 4.99 Å². The lowest BCUT2D eigenvalue weighted by atomic mass is 9.96. The molecule has 0 spiro atoms. The Hall–Kier alpha value is -3.98. The number of esters is 2. The van der Waals surface area contributed by atoms with Gasteiger partial charge in [-0.05, 0) is 55.3 Å². The summed E-state index contributed by atoms with van der Waals surface area (Å²) in [5.74, 6) is -0.586. The fourth-order valence-corrected chi connectivity index (χ4v) is 5.06. The quantitative estimate of drug-likeness (QED) is 0.378. The summed E-state index contributed by atoms with van der Waals surface area (Å²) in [6.07, 6.45) is 1.83. The van der Waals surface area contributed by atoms with Crippen LogP contribution in [0.1, 0.15) is 37.9 Å². The van der Waals surface area contributed by atoms with E-state index in [0.29, 0.717) is 31.9 Å². The zero-order chi connectivity index (χ0) is 26.0. The van der Waals surface area contributed by atoms with E-state index in [4.69, 9.17) is 9.47 Å². The molecule has 0 unspecified atom stereocenters. The van der Waals surface area contributed by atoms with Crippen molar-refractivity contribution in [2.24, 2.45) is 4.99 Å². The van der Waals surface area contributed by atoms with E-state index in [1.54, 1.807) is 38.1 Å². The van der Waals surface area contributed by atoms with Crippen LogP contribution in [0, 0.1) is 0 Å². The molecule has 1 atom stereocenters. The summed E-state index contributed by atoms with van der Waals surface area (Å²) in [5, 5.41) is 0. The van der Waals surface area contributed by atoms with Crippen LogP contribution in [-0.2, 0) is 14.3 Å². The second-order valence-corrected chi connectivity index (χ2v) is 9.46. The van der Waals surface area contributed by atoms with Gasteiger partial charge >= 0.3 is 11.9 Å². The number of rotatable bonds is 6. The molecule has 1 aliphatic rings. The van der Waals surface area contributed by atoms with E-state index < -0.39 is 18.0 Å². The Labute approximate surface area is 212 Å². The maximum atomic E-state index is 13.7. The number of thiazole rings is 1. The molecule has 186 valence electrons. The molecule has 8 nitrogen and oxygen atoms in total. The smallest absolute Gasteiger partial charge is 0.338 e. The molecule has 0 saturated carbocycles. The zero-order valence-electron chi connectivity index (χ0n) is 20.8. The summed E-state index contributed by atoms with van der Waals surface area (Å²) in [5.41, 5.74) is 3.15. The van der Waals surface area contributed by atoms with Crippen LogP contribution in [0.15, 0.2) is 69.6 Å². The van der Waals surface area contributed by atoms with Crippen molar-refractivity contribution in [3.8, 4) is 5.75 Å². The van der Waals surface area contributed by atoms with Crippen LogP contribution in [0.5, 0.6) is 5.75 Å². The molecule has 1 aromatic heterocycles. The first kappa shape index (κ1) is 25.1. The maximum absolute atomic E-state index is 13.7. The maximum Gasteiger partial charge on any atom is 0.338 e. The predicted octanol–water partition coefficient (Wildman–Crippen LogP) is 2.79. The van der Waals surface area contributed by atoms with Crippen molar-refractivity contribution >= 4 is 35.0 Å². The van der Waals surface area contributed by atoms with Gasteiger partial charge in [0.15, 0.2) is 4.80 Å². The number of nitrogens with zero attached hydrogens (tertiary/aromatic N) is 3. The van der Waals surface area contributed by atoms with Gasteiger partial charge in [0.2, 0.25) is 0 Å². The lowest BCUT2D eigenvalue weighted by molar-refractivity contribution is -0.139. The molecule has 36 heavy (non-hydrogen) atoms. The average Bonchev–Trinajstić information content (AvgIpc) is 3.13. The highest BCUT2D eigenvalue weighted by Crippen LogP contribution is 2.31. The monoisotopic (exact) mass is 505 g/mol. The normalized spacial score (nSPS) is 15.2. The van der Waals surface area contributed by atoms with Crippen LogP contribution < -0.4 is 24.5 Å². The predicted molar refractivity (Wildman–Crippen MR) is 139 cm³/mol. The molecule has 3 aromatic rings. The molecule has 0 saturated heterocycles. The zero-order valence-corrected chi connectivity index (χ0v) is 21.6. The van der Waals surface area contributed by atoms with E-state index >= 15 is 0 Å². The van der Waals surface area contributed by atoms with Crippen LogP contribution >= 0.6 is 11.3 Å². The molecular weight excluding hydrogens is 478 g/mol. The number of anilines is 1. The van der Waals surface area contributed by atoms with E-state index in [9.17, 15) is 14.4 Å². The van der Waals surface area contributed by atoms with E-state index in [1.165, 1.54) is 22.8 Å². The van der Waals surface area contributed by atoms with Gasteiger partial charge in [-0.3, -0.25) is 14.2 Å². The van der Waals surface area contributed by atoms with E-state index in [1.807, 2.05) is 49.3 Å². The number of allylic oxidation sites excluding steroid dienone is 1. The van der Waals surface area contributed by atoms with Gasteiger partial charge in [-0.15, -0.1) is 0 Å². The van der Waals surface area contributed by atoms with E-state index in [-0.39, 0.29) is 12.2 Å². The molecule has 4 rings (SSSR count). The average molecular weight is 506 g/mol. The minimum Gasteiger partial charge on any atom is -0.463 e. The first-order valence-corrected chi connectivity index (χ1v) is 12.3. The van der Waals surface area contributed by atoms with Gasteiger partial charge in [0.25, 0.3) is 5.56 Å². The highest BCUT2D eigenvalue weighted by Gasteiger charge is 2.33. The lowest BCUT2D eigenvalue weighted by Gasteiger charge is -2.24. The third kappa shape index (κ3) is 5.01. The number of carbonyl (C=O) groups excluding carboxylic acids is 2. The van der Waals surface area contributed by atoms with E-state index in [0.717, 1.165) is 11.3 Å². The first-order valence-electron chi connectivity index (χ1n) is 11.4. The third-order valence-electron chi connectivity index (χ3n) is 5.68. The van der Waals surface area contributed by atoms with Crippen molar-refractivity contribution in [3.63, 3.8) is 0 Å². The summed E-state index contributed by atoms with van der Waals surface area (Å²) in [7, 11) is 3.94. The van der Waals surface area contributed by atoms with Crippen molar-refractivity contribution in [2.75, 3.05) is 25.6 Å². The van der Waals surface area contributed by atoms with Crippen LogP contribution in [0.4, 0.5) is 5.69 Å². The topological polar surface area (TPSA) is 90.2 Å². The number of fused-ring (bicyclic) bond motifs is 1. The number of hydrogen-bond donors (Lipinski definition) is 0. The highest BCUT2D eigenvalue weighted by molar-refractivity contribution is 7.07.